The summed E-state index contributed by atoms with van der Waals surface area (Å²) in [5, 5.41) is 9.02. The molecule has 0 radical (unpaired) electrons. The second kappa shape index (κ2) is 4.47. The first kappa shape index (κ1) is 11.8. The van der Waals surface area contributed by atoms with Gasteiger partial charge < -0.3 is 10.0 Å². The monoisotopic (exact) mass is 211 g/mol. The number of carbonyl (C=O) groups excluding carboxylic acids is 1. The van der Waals surface area contributed by atoms with Crippen molar-refractivity contribution in [2.45, 2.75) is 33.2 Å². The maximum atomic E-state index is 11.7. The number of allylic oxidation sites excluding steroid dienone is 1. The van der Waals surface area contributed by atoms with Gasteiger partial charge in [0.15, 0.2) is 0 Å². The predicted molar refractivity (Wildman–Crippen MR) is 56.3 cm³/mol. The summed E-state index contributed by atoms with van der Waals surface area (Å²) in [6, 6.07) is -0.659. The van der Waals surface area contributed by atoms with Gasteiger partial charge in [0.05, 0.1) is 0 Å². The fourth-order valence-electron chi connectivity index (χ4n) is 1.90. The van der Waals surface area contributed by atoms with Crippen molar-refractivity contribution in [2.24, 2.45) is 5.92 Å². The molecule has 4 nitrogen and oxygen atoms in total. The molecule has 1 aliphatic heterocycles. The van der Waals surface area contributed by atoms with Gasteiger partial charge in [-0.3, -0.25) is 4.79 Å². The number of carbonyl (C=O) groups is 2. The Labute approximate surface area is 89.6 Å². The van der Waals surface area contributed by atoms with Gasteiger partial charge in [0.1, 0.15) is 6.04 Å². The molecule has 1 N–H and O–H groups in total. The molecule has 0 aromatic heterocycles. The smallest absolute Gasteiger partial charge is 0.326 e. The Hall–Kier alpha value is -1.32. The van der Waals surface area contributed by atoms with Crippen LogP contribution in [0.3, 0.4) is 0 Å². The highest BCUT2D eigenvalue weighted by Crippen LogP contribution is 2.24. The van der Waals surface area contributed by atoms with Crippen LogP contribution in [0.5, 0.6) is 0 Å². The van der Waals surface area contributed by atoms with Crippen molar-refractivity contribution >= 4 is 11.9 Å². The summed E-state index contributed by atoms with van der Waals surface area (Å²) in [6.07, 6.45) is 2.26. The second-order valence-electron chi connectivity index (χ2n) is 4.30. The van der Waals surface area contributed by atoms with Crippen LogP contribution in [0, 0.1) is 5.92 Å². The number of amides is 1. The zero-order valence-electron chi connectivity index (χ0n) is 9.36. The molecule has 0 bridgehead atoms. The lowest BCUT2D eigenvalue weighted by atomic mass is 10.0. The van der Waals surface area contributed by atoms with Crippen molar-refractivity contribution in [1.82, 2.24) is 4.90 Å². The molecule has 1 fully saturated rings. The molecule has 0 aromatic carbocycles. The van der Waals surface area contributed by atoms with Crippen LogP contribution in [-0.2, 0) is 9.59 Å². The van der Waals surface area contributed by atoms with E-state index in [4.69, 9.17) is 5.11 Å². The van der Waals surface area contributed by atoms with E-state index in [1.54, 1.807) is 0 Å². The number of nitrogens with zero attached hydrogens (tertiary/aromatic N) is 1. The van der Waals surface area contributed by atoms with E-state index in [2.05, 4.69) is 0 Å². The molecule has 2 atom stereocenters. The minimum atomic E-state index is -0.907. The molecule has 15 heavy (non-hydrogen) atoms. The third-order valence-corrected chi connectivity index (χ3v) is 2.65. The minimum Gasteiger partial charge on any atom is -0.480 e. The summed E-state index contributed by atoms with van der Waals surface area (Å²) < 4.78 is 0. The zero-order chi connectivity index (χ0) is 11.6. The van der Waals surface area contributed by atoms with Gasteiger partial charge in [-0.25, -0.2) is 4.79 Å². The molecule has 0 aliphatic carbocycles. The van der Waals surface area contributed by atoms with Crippen LogP contribution in [0.4, 0.5) is 0 Å². The first-order valence-corrected chi connectivity index (χ1v) is 5.11. The van der Waals surface area contributed by atoms with Gasteiger partial charge in [-0.1, -0.05) is 12.5 Å². The van der Waals surface area contributed by atoms with Crippen molar-refractivity contribution < 1.29 is 14.7 Å². The summed E-state index contributed by atoms with van der Waals surface area (Å²) in [7, 11) is 0. The highest BCUT2D eigenvalue weighted by molar-refractivity contribution is 5.92. The number of aliphatic carboxylic acids is 1. The number of hydrogen-bond acceptors (Lipinski definition) is 2. The number of carboxylic acids is 1. The average Bonchev–Trinajstić information content (AvgIpc) is 2.45. The maximum Gasteiger partial charge on any atom is 0.326 e. The normalized spacial score (nSPS) is 25.1. The highest BCUT2D eigenvalue weighted by atomic mass is 16.4. The van der Waals surface area contributed by atoms with Gasteiger partial charge in [-0.05, 0) is 26.2 Å². The molecule has 1 saturated heterocycles. The maximum absolute atomic E-state index is 11.7. The van der Waals surface area contributed by atoms with E-state index in [-0.39, 0.29) is 11.8 Å². The van der Waals surface area contributed by atoms with Crippen LogP contribution in [0.25, 0.3) is 0 Å². The molecule has 0 saturated carbocycles. The van der Waals surface area contributed by atoms with E-state index in [0.717, 1.165) is 12.0 Å². The average molecular weight is 211 g/mol. The minimum absolute atomic E-state index is 0.0389. The van der Waals surface area contributed by atoms with E-state index in [1.807, 2.05) is 20.8 Å². The van der Waals surface area contributed by atoms with Gasteiger partial charge in [-0.2, -0.15) is 0 Å². The van der Waals surface area contributed by atoms with Crippen molar-refractivity contribution in [2.75, 3.05) is 6.54 Å². The van der Waals surface area contributed by atoms with E-state index in [9.17, 15) is 9.59 Å². The van der Waals surface area contributed by atoms with Crippen molar-refractivity contribution in [1.29, 1.82) is 0 Å². The van der Waals surface area contributed by atoms with Crippen LogP contribution < -0.4 is 0 Å². The number of likely N-dealkylation sites (tertiary alicyclic amines) is 1. The fourth-order valence-corrected chi connectivity index (χ4v) is 1.90. The Morgan fingerprint density at radius 3 is 2.47 bits per heavy atom. The third-order valence-electron chi connectivity index (χ3n) is 2.65. The summed E-state index contributed by atoms with van der Waals surface area (Å²) >= 11 is 0. The van der Waals surface area contributed by atoms with Gasteiger partial charge in [0.25, 0.3) is 0 Å². The standard InChI is InChI=1S/C11H17NO3/c1-7(2)6-9(13)12-5-4-8(3)10(12)11(14)15/h6,8,10H,4-5H2,1-3H3,(H,14,15). The van der Waals surface area contributed by atoms with Crippen molar-refractivity contribution in [3.63, 3.8) is 0 Å². The molecule has 1 amide bonds. The Morgan fingerprint density at radius 2 is 2.00 bits per heavy atom. The van der Waals surface area contributed by atoms with Crippen LogP contribution in [-0.4, -0.2) is 34.5 Å². The topological polar surface area (TPSA) is 57.6 Å². The molecule has 84 valence electrons. The molecule has 1 rings (SSSR count). The number of hydrogen-bond donors (Lipinski definition) is 1. The largest absolute Gasteiger partial charge is 0.480 e. The Morgan fingerprint density at radius 1 is 1.40 bits per heavy atom. The Balaban J connectivity index is 2.82. The summed E-state index contributed by atoms with van der Waals surface area (Å²) in [6.45, 7) is 6.07. The van der Waals surface area contributed by atoms with Crippen LogP contribution in [0.15, 0.2) is 11.6 Å². The molecule has 0 spiro atoms. The van der Waals surface area contributed by atoms with E-state index in [0.29, 0.717) is 6.54 Å². The molecule has 4 heteroatoms. The van der Waals surface area contributed by atoms with Gasteiger partial charge in [0, 0.05) is 12.6 Å². The van der Waals surface area contributed by atoms with Crippen LogP contribution in [0.2, 0.25) is 0 Å². The molecular formula is C11H17NO3. The van der Waals surface area contributed by atoms with Crippen LogP contribution in [0.1, 0.15) is 27.2 Å². The summed E-state index contributed by atoms with van der Waals surface area (Å²) in [5.41, 5.74) is 0.892. The van der Waals surface area contributed by atoms with Crippen LogP contribution >= 0.6 is 0 Å². The van der Waals surface area contributed by atoms with E-state index in [1.165, 1.54) is 11.0 Å². The lowest BCUT2D eigenvalue weighted by molar-refractivity contribution is -0.147. The fraction of sp³-hybridized carbons (Fsp3) is 0.636. The SMILES string of the molecule is CC(C)=CC(=O)N1CCC(C)C1C(=O)O. The second-order valence-corrected chi connectivity index (χ2v) is 4.30. The molecule has 0 aromatic rings. The lowest BCUT2D eigenvalue weighted by Gasteiger charge is -2.22. The molecule has 1 aliphatic rings. The number of rotatable bonds is 2. The quantitative estimate of drug-likeness (QED) is 0.700. The number of carboxylic acid groups (broad SMARTS) is 1. The van der Waals surface area contributed by atoms with Gasteiger partial charge >= 0.3 is 5.97 Å². The first-order chi connectivity index (χ1) is 6.93. The Kier molecular flexibility index (Phi) is 3.50. The van der Waals surface area contributed by atoms with Crippen molar-refractivity contribution in [3.05, 3.63) is 11.6 Å². The van der Waals surface area contributed by atoms with E-state index >= 15 is 0 Å². The highest BCUT2D eigenvalue weighted by Gasteiger charge is 2.38. The van der Waals surface area contributed by atoms with Gasteiger partial charge in [0.2, 0.25) is 5.91 Å². The molecular weight excluding hydrogens is 194 g/mol. The van der Waals surface area contributed by atoms with Gasteiger partial charge in [-0.15, -0.1) is 0 Å². The summed E-state index contributed by atoms with van der Waals surface area (Å²) in [5.74, 6) is -1.06. The lowest BCUT2D eigenvalue weighted by Crippen LogP contribution is -2.42. The summed E-state index contributed by atoms with van der Waals surface area (Å²) in [4.78, 5) is 24.1. The van der Waals surface area contributed by atoms with Crippen molar-refractivity contribution in [3.8, 4) is 0 Å². The van der Waals surface area contributed by atoms with E-state index < -0.39 is 12.0 Å². The molecule has 2 unspecified atom stereocenters. The first-order valence-electron chi connectivity index (χ1n) is 5.11. The predicted octanol–water partition coefficient (Wildman–Crippen LogP) is 1.27. The third kappa shape index (κ3) is 2.58. The zero-order valence-corrected chi connectivity index (χ0v) is 9.36. The Bertz CT molecular complexity index is 305. The molecule has 1 heterocycles.